The van der Waals surface area contributed by atoms with Crippen LogP contribution in [0, 0.1) is 6.08 Å². The summed E-state index contributed by atoms with van der Waals surface area (Å²) in [6, 6.07) is 45.8. The molecule has 1 aliphatic heterocycles. The molecule has 5 aromatic carbocycles. The minimum absolute atomic E-state index is 0.0249. The van der Waals surface area contributed by atoms with E-state index in [1.807, 2.05) is 146 Å². The number of hydrogen-bond acceptors (Lipinski definition) is 9. The van der Waals surface area contributed by atoms with Crippen LogP contribution in [0.3, 0.4) is 0 Å². The number of benzene rings is 5. The Kier molecular flexibility index (Phi) is 11.0. The van der Waals surface area contributed by atoms with Gasteiger partial charge in [0.05, 0.1) is 39.9 Å². The number of alkyl halides is 1. The highest BCUT2D eigenvalue weighted by molar-refractivity contribution is 5.84. The first-order valence-electron chi connectivity index (χ1n) is 18.6. The molecular formula is C45H41F2N5O5. The maximum atomic E-state index is 17.0. The summed E-state index contributed by atoms with van der Waals surface area (Å²) >= 11 is 0. The highest BCUT2D eigenvalue weighted by atomic mass is 19.1. The number of nitrogens with one attached hydrogen (secondary N) is 1. The molecule has 12 heteroatoms. The number of halogens is 2. The van der Waals surface area contributed by atoms with Crippen LogP contribution in [0.1, 0.15) is 34.0 Å². The minimum atomic E-state index is -1.86. The van der Waals surface area contributed by atoms with Crippen LogP contribution in [0.15, 0.2) is 152 Å². The topological polar surface area (TPSA) is 113 Å². The number of aliphatic hydroxyl groups excluding tert-OH is 1. The summed E-state index contributed by atoms with van der Waals surface area (Å²) in [5, 5.41) is 14.5. The van der Waals surface area contributed by atoms with Gasteiger partial charge in [-0.05, 0) is 39.9 Å². The van der Waals surface area contributed by atoms with Crippen molar-refractivity contribution < 1.29 is 32.8 Å². The Morgan fingerprint density at radius 2 is 1.33 bits per heavy atom. The predicted octanol–water partition coefficient (Wildman–Crippen LogP) is 7.78. The van der Waals surface area contributed by atoms with E-state index in [-0.39, 0.29) is 36.8 Å². The number of rotatable bonds is 15. The van der Waals surface area contributed by atoms with Crippen LogP contribution < -0.4 is 10.1 Å². The molecule has 4 atom stereocenters. The van der Waals surface area contributed by atoms with Crippen molar-refractivity contribution in [1.29, 1.82) is 0 Å². The maximum Gasteiger partial charge on any atom is 0.312 e. The van der Waals surface area contributed by atoms with Gasteiger partial charge in [0.15, 0.2) is 29.4 Å². The monoisotopic (exact) mass is 769 g/mol. The van der Waals surface area contributed by atoms with E-state index in [9.17, 15) is 5.11 Å². The van der Waals surface area contributed by atoms with Gasteiger partial charge in [-0.15, -0.1) is 0 Å². The van der Waals surface area contributed by atoms with Crippen LogP contribution in [0.25, 0.3) is 11.2 Å². The summed E-state index contributed by atoms with van der Waals surface area (Å²) in [5.41, 5.74) is 1.54. The second-order valence-electron chi connectivity index (χ2n) is 13.9. The molecule has 2 aromatic heterocycles. The number of ether oxygens (including phenoxy) is 4. The number of nitrogens with zero attached hydrogens (tertiary/aromatic N) is 4. The van der Waals surface area contributed by atoms with Crippen LogP contribution in [0.2, 0.25) is 0 Å². The molecule has 0 radical (unpaired) electrons. The van der Waals surface area contributed by atoms with Crippen molar-refractivity contribution in [3.63, 3.8) is 0 Å². The van der Waals surface area contributed by atoms with E-state index in [2.05, 4.69) is 20.3 Å². The second-order valence-corrected chi connectivity index (χ2v) is 13.9. The van der Waals surface area contributed by atoms with E-state index in [1.165, 1.54) is 10.9 Å². The van der Waals surface area contributed by atoms with Crippen molar-refractivity contribution in [2.24, 2.45) is 0 Å². The lowest BCUT2D eigenvalue weighted by Gasteiger charge is -2.37. The van der Waals surface area contributed by atoms with E-state index in [1.54, 1.807) is 7.11 Å². The molecule has 2 N–H and O–H groups in total. The number of anilines is 1. The molecule has 0 spiro atoms. The van der Waals surface area contributed by atoms with Gasteiger partial charge < -0.3 is 29.4 Å². The molecule has 1 fully saturated rings. The molecule has 8 rings (SSSR count). The number of aliphatic hydroxyl groups is 1. The summed E-state index contributed by atoms with van der Waals surface area (Å²) < 4.78 is 58.4. The van der Waals surface area contributed by atoms with Gasteiger partial charge in [-0.25, -0.2) is 9.37 Å². The molecule has 1 aliphatic rings. The molecule has 10 nitrogen and oxygen atoms in total. The molecule has 290 valence electrons. The van der Waals surface area contributed by atoms with Gasteiger partial charge in [0.2, 0.25) is 0 Å². The zero-order valence-corrected chi connectivity index (χ0v) is 31.1. The summed E-state index contributed by atoms with van der Waals surface area (Å²) in [7, 11) is 1.60. The Bertz CT molecular complexity index is 2330. The first kappa shape index (κ1) is 37.9. The van der Waals surface area contributed by atoms with E-state index < -0.39 is 42.3 Å². The number of methoxy groups -OCH3 is 1. The van der Waals surface area contributed by atoms with E-state index in [4.69, 9.17) is 18.9 Å². The molecule has 1 saturated heterocycles. The van der Waals surface area contributed by atoms with Crippen molar-refractivity contribution in [2.75, 3.05) is 25.6 Å². The van der Waals surface area contributed by atoms with Crippen molar-refractivity contribution in [3.05, 3.63) is 186 Å². The van der Waals surface area contributed by atoms with Gasteiger partial charge in [0, 0.05) is 0 Å². The third-order valence-electron chi connectivity index (χ3n) is 10.3. The third kappa shape index (κ3) is 7.48. The number of hydrogen-bond donors (Lipinski definition) is 2. The Labute approximate surface area is 328 Å². The quantitative estimate of drug-likeness (QED) is 0.0798. The number of aromatic nitrogens is 4. The lowest BCUT2D eigenvalue weighted by molar-refractivity contribution is -0.174. The van der Waals surface area contributed by atoms with E-state index in [0.717, 1.165) is 27.8 Å². The van der Waals surface area contributed by atoms with Crippen LogP contribution in [0.5, 0.6) is 5.75 Å². The standard InChI is InChI=1S/C45H41F2N5O5/c1-54-36-24-22-35(23-25-36)45(33-18-10-4-11-19-33,34-20-12-5-13-21-34)51-40-38-41(50-43(47)49-40)52(30-48-38)42-37(46)39(56-27-32-16-8-3-9-17-32)44(28-53,57-42)29-55-26-31-14-6-2-7-15-31/h2-25,30,37,39,42,53H,26-29H2,1H3,(H,49,50,51)/t37-,39-,42+,44+/m0/s1. The maximum absolute atomic E-state index is 17.0. The molecule has 0 aliphatic carbocycles. The average Bonchev–Trinajstić information content (AvgIpc) is 3.81. The molecule has 3 heterocycles. The molecule has 0 saturated carbocycles. The fraction of sp³-hybridized carbons (Fsp3) is 0.222. The highest BCUT2D eigenvalue weighted by Crippen LogP contribution is 2.44. The van der Waals surface area contributed by atoms with Gasteiger partial charge in [0.25, 0.3) is 0 Å². The normalized spacial score (nSPS) is 19.5. The number of fused-ring (bicyclic) bond motifs is 1. The summed E-state index contributed by atoms with van der Waals surface area (Å²) in [5.74, 6) is 0.723. The van der Waals surface area contributed by atoms with Crippen LogP contribution in [0.4, 0.5) is 14.6 Å². The lowest BCUT2D eigenvalue weighted by atomic mass is 9.77. The fourth-order valence-corrected chi connectivity index (χ4v) is 7.51. The molecule has 0 amide bonds. The third-order valence-corrected chi connectivity index (χ3v) is 10.3. The van der Waals surface area contributed by atoms with Gasteiger partial charge in [0.1, 0.15) is 23.0 Å². The Balaban J connectivity index is 1.20. The van der Waals surface area contributed by atoms with Crippen LogP contribution >= 0.6 is 0 Å². The highest BCUT2D eigenvalue weighted by Gasteiger charge is 2.58. The van der Waals surface area contributed by atoms with Crippen molar-refractivity contribution in [2.45, 2.75) is 42.9 Å². The SMILES string of the molecule is COc1ccc(C(Nc2nc(F)nc3c2ncn3[C@@H]2O[C@](CO)(COCc3ccccc3)[C@@H](OCc3ccccc3)[C@@H]2F)(c2ccccc2)c2ccccc2)cc1. The predicted molar refractivity (Wildman–Crippen MR) is 211 cm³/mol. The minimum Gasteiger partial charge on any atom is -0.497 e. The molecular weight excluding hydrogens is 729 g/mol. The average molecular weight is 770 g/mol. The zero-order valence-electron chi connectivity index (χ0n) is 31.1. The number of imidazole rings is 1. The van der Waals surface area contributed by atoms with Gasteiger partial charge in [-0.3, -0.25) is 4.57 Å². The van der Waals surface area contributed by atoms with Gasteiger partial charge in [-0.2, -0.15) is 14.4 Å². The zero-order chi connectivity index (χ0) is 39.2. The summed E-state index contributed by atoms with van der Waals surface area (Å²) in [6.45, 7) is -0.584. The first-order valence-corrected chi connectivity index (χ1v) is 18.6. The van der Waals surface area contributed by atoms with Crippen molar-refractivity contribution in [3.8, 4) is 5.75 Å². The van der Waals surface area contributed by atoms with Crippen molar-refractivity contribution >= 4 is 17.0 Å². The Hall–Kier alpha value is -6.05. The Morgan fingerprint density at radius 3 is 1.91 bits per heavy atom. The smallest absolute Gasteiger partial charge is 0.312 e. The molecule has 7 aromatic rings. The lowest BCUT2D eigenvalue weighted by Crippen LogP contribution is -2.50. The Morgan fingerprint density at radius 1 is 0.772 bits per heavy atom. The summed E-state index contributed by atoms with van der Waals surface area (Å²) in [6.07, 6.45) is -4.31. The second kappa shape index (κ2) is 16.6. The van der Waals surface area contributed by atoms with Gasteiger partial charge in [-0.1, -0.05) is 133 Å². The van der Waals surface area contributed by atoms with Crippen LogP contribution in [-0.2, 0) is 33.0 Å². The fourth-order valence-electron chi connectivity index (χ4n) is 7.51. The largest absolute Gasteiger partial charge is 0.497 e. The first-order chi connectivity index (χ1) is 27.9. The van der Waals surface area contributed by atoms with Crippen LogP contribution in [-0.4, -0.2) is 62.8 Å². The van der Waals surface area contributed by atoms with E-state index in [0.29, 0.717) is 5.75 Å². The molecule has 57 heavy (non-hydrogen) atoms. The van der Waals surface area contributed by atoms with Crippen molar-refractivity contribution in [1.82, 2.24) is 19.5 Å². The molecule has 0 unspecified atom stereocenters. The van der Waals surface area contributed by atoms with E-state index >= 15 is 8.78 Å². The summed E-state index contributed by atoms with van der Waals surface area (Å²) in [4.78, 5) is 13.0. The molecule has 0 bridgehead atoms. The van der Waals surface area contributed by atoms with Gasteiger partial charge >= 0.3 is 6.08 Å².